The van der Waals surface area contributed by atoms with Crippen molar-refractivity contribution >= 4 is 31.6 Å². The van der Waals surface area contributed by atoms with E-state index in [0.717, 1.165) is 38.4 Å². The molecule has 1 aromatic carbocycles. The number of hydrogen-bond donors (Lipinski definition) is 1. The van der Waals surface area contributed by atoms with E-state index in [1.165, 1.54) is 0 Å². The van der Waals surface area contributed by atoms with Crippen molar-refractivity contribution in [1.82, 2.24) is 14.7 Å². The second kappa shape index (κ2) is 6.23. The molecule has 1 N–H and O–H groups in total. The number of sulfonamides is 1. The minimum Gasteiger partial charge on any atom is -0.497 e. The largest absolute Gasteiger partial charge is 0.497 e. The van der Waals surface area contributed by atoms with E-state index in [2.05, 4.69) is 14.7 Å². The number of nitrogens with one attached hydrogen (secondary N) is 1. The summed E-state index contributed by atoms with van der Waals surface area (Å²) >= 11 is 1.56. The molecule has 0 aliphatic rings. The average molecular weight is 349 g/mol. The summed E-state index contributed by atoms with van der Waals surface area (Å²) in [5, 5.41) is 0.835. The van der Waals surface area contributed by atoms with E-state index in [-0.39, 0.29) is 6.54 Å². The monoisotopic (exact) mass is 349 g/mol. The van der Waals surface area contributed by atoms with Crippen LogP contribution in [0.5, 0.6) is 5.75 Å². The summed E-state index contributed by atoms with van der Waals surface area (Å²) in [6, 6.07) is 7.64. The quantitative estimate of drug-likeness (QED) is 0.765. The Morgan fingerprint density at radius 2 is 2.09 bits per heavy atom. The minimum absolute atomic E-state index is 0.207. The molecule has 0 bridgehead atoms. The molecule has 0 unspecified atom stereocenters. The van der Waals surface area contributed by atoms with Crippen LogP contribution < -0.4 is 9.46 Å². The zero-order valence-electron chi connectivity index (χ0n) is 12.6. The van der Waals surface area contributed by atoms with Crippen molar-refractivity contribution in [3.8, 4) is 16.3 Å². The molecule has 0 radical (unpaired) electrons. The SMILES string of the molecule is COc1ccc2sc(-c3cncc(CNS(C)(=O)=O)c3)nc2c1. The van der Waals surface area contributed by atoms with Crippen LogP contribution in [0.4, 0.5) is 0 Å². The molecule has 2 aromatic heterocycles. The number of nitrogens with zero attached hydrogens (tertiary/aromatic N) is 2. The molecule has 0 aliphatic carbocycles. The molecule has 0 aliphatic heterocycles. The van der Waals surface area contributed by atoms with Crippen LogP contribution in [0.15, 0.2) is 36.7 Å². The van der Waals surface area contributed by atoms with Gasteiger partial charge >= 0.3 is 0 Å². The summed E-state index contributed by atoms with van der Waals surface area (Å²) in [6.07, 6.45) is 4.49. The summed E-state index contributed by atoms with van der Waals surface area (Å²) in [6.45, 7) is 0.207. The molecule has 8 heteroatoms. The Bertz CT molecular complexity index is 952. The van der Waals surface area contributed by atoms with Crippen LogP contribution in [-0.4, -0.2) is 31.8 Å². The molecule has 2 heterocycles. The van der Waals surface area contributed by atoms with Crippen molar-refractivity contribution in [3.63, 3.8) is 0 Å². The Labute approximate surface area is 138 Å². The summed E-state index contributed by atoms with van der Waals surface area (Å²) < 4.78 is 31.1. The molecule has 6 nitrogen and oxygen atoms in total. The summed E-state index contributed by atoms with van der Waals surface area (Å²) in [5.74, 6) is 0.763. The van der Waals surface area contributed by atoms with Gasteiger partial charge in [-0.15, -0.1) is 11.3 Å². The standard InChI is InChI=1S/C15H15N3O3S2/c1-21-12-3-4-14-13(6-12)18-15(22-14)11-5-10(7-16-9-11)8-17-23(2,19)20/h3-7,9,17H,8H2,1-2H3. The molecule has 0 fully saturated rings. The van der Waals surface area contributed by atoms with Crippen molar-refractivity contribution in [2.24, 2.45) is 0 Å². The van der Waals surface area contributed by atoms with Gasteiger partial charge in [0.05, 0.1) is 23.6 Å². The first-order valence-electron chi connectivity index (χ1n) is 6.78. The average Bonchev–Trinajstić information content (AvgIpc) is 2.95. The molecule has 0 saturated heterocycles. The van der Waals surface area contributed by atoms with Gasteiger partial charge < -0.3 is 4.74 Å². The van der Waals surface area contributed by atoms with Gasteiger partial charge in [-0.3, -0.25) is 4.98 Å². The third-order valence-electron chi connectivity index (χ3n) is 3.18. The maximum absolute atomic E-state index is 11.2. The number of pyridine rings is 1. The number of benzene rings is 1. The maximum atomic E-state index is 11.2. The van der Waals surface area contributed by atoms with Crippen molar-refractivity contribution in [2.75, 3.05) is 13.4 Å². The first-order chi connectivity index (χ1) is 10.9. The van der Waals surface area contributed by atoms with Gasteiger partial charge in [0.15, 0.2) is 0 Å². The second-order valence-electron chi connectivity index (χ2n) is 5.03. The van der Waals surface area contributed by atoms with Crippen LogP contribution in [0.2, 0.25) is 0 Å². The van der Waals surface area contributed by atoms with Crippen LogP contribution in [0.25, 0.3) is 20.8 Å². The minimum atomic E-state index is -3.23. The molecule has 0 atom stereocenters. The number of rotatable bonds is 5. The van der Waals surface area contributed by atoms with E-state index in [4.69, 9.17) is 4.74 Å². The van der Waals surface area contributed by atoms with E-state index in [1.807, 2.05) is 24.3 Å². The van der Waals surface area contributed by atoms with Gasteiger partial charge in [-0.1, -0.05) is 0 Å². The third kappa shape index (κ3) is 3.84. The summed E-state index contributed by atoms with van der Waals surface area (Å²) in [4.78, 5) is 8.77. The van der Waals surface area contributed by atoms with Gasteiger partial charge in [0.1, 0.15) is 10.8 Å². The number of ether oxygens (including phenoxy) is 1. The van der Waals surface area contributed by atoms with E-state index < -0.39 is 10.0 Å². The molecule has 0 amide bonds. The molecule has 23 heavy (non-hydrogen) atoms. The van der Waals surface area contributed by atoms with Gasteiger partial charge in [0.2, 0.25) is 10.0 Å². The maximum Gasteiger partial charge on any atom is 0.209 e. The highest BCUT2D eigenvalue weighted by Gasteiger charge is 2.09. The fourth-order valence-electron chi connectivity index (χ4n) is 2.07. The van der Waals surface area contributed by atoms with Gasteiger partial charge in [0.25, 0.3) is 0 Å². The number of methoxy groups -OCH3 is 1. The molecular formula is C15H15N3O3S2. The predicted octanol–water partition coefficient (Wildman–Crippen LogP) is 2.42. The first-order valence-corrected chi connectivity index (χ1v) is 9.49. The van der Waals surface area contributed by atoms with Gasteiger partial charge in [-0.25, -0.2) is 18.1 Å². The number of fused-ring (bicyclic) bond motifs is 1. The van der Waals surface area contributed by atoms with Gasteiger partial charge in [-0.2, -0.15) is 0 Å². The summed E-state index contributed by atoms with van der Waals surface area (Å²) in [7, 11) is -1.61. The number of aromatic nitrogens is 2. The third-order valence-corrected chi connectivity index (χ3v) is 4.93. The van der Waals surface area contributed by atoms with E-state index in [9.17, 15) is 8.42 Å². The number of hydrogen-bond acceptors (Lipinski definition) is 6. The number of thiazole rings is 1. The highest BCUT2D eigenvalue weighted by Crippen LogP contribution is 2.32. The lowest BCUT2D eigenvalue weighted by Gasteiger charge is -2.03. The lowest BCUT2D eigenvalue weighted by atomic mass is 10.2. The lowest BCUT2D eigenvalue weighted by Crippen LogP contribution is -2.21. The van der Waals surface area contributed by atoms with Crippen LogP contribution in [0.3, 0.4) is 0 Å². The molecular weight excluding hydrogens is 334 g/mol. The van der Waals surface area contributed by atoms with Crippen molar-refractivity contribution in [1.29, 1.82) is 0 Å². The summed E-state index contributed by atoms with van der Waals surface area (Å²) in [5.41, 5.74) is 2.51. The van der Waals surface area contributed by atoms with E-state index in [0.29, 0.717) is 0 Å². The second-order valence-corrected chi connectivity index (χ2v) is 7.89. The predicted molar refractivity (Wildman–Crippen MR) is 91.1 cm³/mol. The van der Waals surface area contributed by atoms with Crippen molar-refractivity contribution in [3.05, 3.63) is 42.2 Å². The van der Waals surface area contributed by atoms with Crippen LogP contribution >= 0.6 is 11.3 Å². The molecule has 120 valence electrons. The molecule has 0 saturated carbocycles. The smallest absolute Gasteiger partial charge is 0.209 e. The lowest BCUT2D eigenvalue weighted by molar-refractivity contribution is 0.415. The van der Waals surface area contributed by atoms with Gasteiger partial charge in [-0.05, 0) is 23.8 Å². The molecule has 3 aromatic rings. The molecule has 3 rings (SSSR count). The highest BCUT2D eigenvalue weighted by molar-refractivity contribution is 7.88. The zero-order chi connectivity index (χ0) is 16.4. The van der Waals surface area contributed by atoms with E-state index >= 15 is 0 Å². The van der Waals surface area contributed by atoms with Crippen LogP contribution in [0, 0.1) is 0 Å². The van der Waals surface area contributed by atoms with E-state index in [1.54, 1.807) is 30.8 Å². The Kier molecular flexibility index (Phi) is 4.29. The van der Waals surface area contributed by atoms with Crippen LogP contribution in [-0.2, 0) is 16.6 Å². The van der Waals surface area contributed by atoms with Crippen molar-refractivity contribution in [2.45, 2.75) is 6.54 Å². The van der Waals surface area contributed by atoms with Crippen LogP contribution in [0.1, 0.15) is 5.56 Å². The molecule has 0 spiro atoms. The topological polar surface area (TPSA) is 81.2 Å². The first kappa shape index (κ1) is 15.9. The zero-order valence-corrected chi connectivity index (χ0v) is 14.2. The Balaban J connectivity index is 1.92. The fraction of sp³-hybridized carbons (Fsp3) is 0.200. The fourth-order valence-corrected chi connectivity index (χ4v) is 3.43. The van der Waals surface area contributed by atoms with Gasteiger partial charge in [0, 0.05) is 30.6 Å². The highest BCUT2D eigenvalue weighted by atomic mass is 32.2. The Hall–Kier alpha value is -2.03. The van der Waals surface area contributed by atoms with Crippen molar-refractivity contribution < 1.29 is 13.2 Å². The Morgan fingerprint density at radius 1 is 1.26 bits per heavy atom. The normalized spacial score (nSPS) is 11.7. The Morgan fingerprint density at radius 3 is 2.83 bits per heavy atom.